The van der Waals surface area contributed by atoms with Gasteiger partial charge in [-0.2, -0.15) is 0 Å². The highest BCUT2D eigenvalue weighted by Crippen LogP contribution is 2.25. The molecule has 0 radical (unpaired) electrons. The monoisotopic (exact) mass is 387 g/mol. The summed E-state index contributed by atoms with van der Waals surface area (Å²) in [7, 11) is 6.20. The molecule has 2 fully saturated rings. The van der Waals surface area contributed by atoms with Crippen LogP contribution in [-0.2, 0) is 11.3 Å². The lowest BCUT2D eigenvalue weighted by atomic mass is 9.88. The number of rotatable bonds is 7. The first kappa shape index (κ1) is 21.1. The van der Waals surface area contributed by atoms with E-state index < -0.39 is 0 Å². The smallest absolute Gasteiger partial charge is 0.191 e. The Morgan fingerprint density at radius 1 is 1.21 bits per heavy atom. The maximum Gasteiger partial charge on any atom is 0.191 e. The summed E-state index contributed by atoms with van der Waals surface area (Å²) in [5.41, 5.74) is 1.53. The lowest BCUT2D eigenvalue weighted by Gasteiger charge is -2.43. The molecule has 0 amide bonds. The van der Waals surface area contributed by atoms with Crippen molar-refractivity contribution in [2.75, 3.05) is 54.0 Å². The summed E-state index contributed by atoms with van der Waals surface area (Å²) in [6.07, 6.45) is 4.62. The van der Waals surface area contributed by atoms with Gasteiger partial charge in [-0.15, -0.1) is 0 Å². The van der Waals surface area contributed by atoms with Gasteiger partial charge in [-0.25, -0.2) is 0 Å². The van der Waals surface area contributed by atoms with Gasteiger partial charge in [0.2, 0.25) is 0 Å². The van der Waals surface area contributed by atoms with Gasteiger partial charge in [-0.1, -0.05) is 30.3 Å². The van der Waals surface area contributed by atoms with E-state index in [4.69, 9.17) is 4.74 Å². The standard InChI is InChI=1S/C22H37N5O/c1-23-21(25-18-22(26(2)3)11-14-28-15-12-22)24-16-20-10-7-13-27(20)17-19-8-5-4-6-9-19/h4-6,8-9,20H,7,10-18H2,1-3H3,(H2,23,24,25). The second kappa shape index (κ2) is 10.2. The van der Waals surface area contributed by atoms with E-state index >= 15 is 0 Å². The van der Waals surface area contributed by atoms with E-state index in [2.05, 4.69) is 69.9 Å². The van der Waals surface area contributed by atoms with Gasteiger partial charge in [0.1, 0.15) is 0 Å². The van der Waals surface area contributed by atoms with Crippen molar-refractivity contribution < 1.29 is 4.74 Å². The Bertz CT molecular complexity index is 613. The fourth-order valence-corrected chi connectivity index (χ4v) is 4.37. The number of likely N-dealkylation sites (N-methyl/N-ethyl adjacent to an activating group) is 1. The van der Waals surface area contributed by atoms with Crippen molar-refractivity contribution >= 4 is 5.96 Å². The van der Waals surface area contributed by atoms with E-state index in [1.54, 1.807) is 0 Å². The van der Waals surface area contributed by atoms with Crippen LogP contribution in [0, 0.1) is 0 Å². The molecule has 1 aromatic rings. The lowest BCUT2D eigenvalue weighted by molar-refractivity contribution is -0.00501. The molecule has 2 heterocycles. The molecule has 2 N–H and O–H groups in total. The summed E-state index contributed by atoms with van der Waals surface area (Å²) in [6, 6.07) is 11.3. The minimum Gasteiger partial charge on any atom is -0.381 e. The van der Waals surface area contributed by atoms with Crippen LogP contribution in [0.1, 0.15) is 31.2 Å². The molecule has 0 aromatic heterocycles. The summed E-state index contributed by atoms with van der Waals surface area (Å²) < 4.78 is 5.58. The Hall–Kier alpha value is -1.63. The molecule has 0 bridgehead atoms. The van der Waals surface area contributed by atoms with Crippen molar-refractivity contribution in [2.45, 2.75) is 43.8 Å². The average molecular weight is 388 g/mol. The van der Waals surface area contributed by atoms with Crippen LogP contribution < -0.4 is 10.6 Å². The average Bonchev–Trinajstić information content (AvgIpc) is 3.16. The van der Waals surface area contributed by atoms with E-state index in [1.165, 1.54) is 24.9 Å². The van der Waals surface area contributed by atoms with E-state index in [0.29, 0.717) is 6.04 Å². The first-order chi connectivity index (χ1) is 13.6. The summed E-state index contributed by atoms with van der Waals surface area (Å²) >= 11 is 0. The number of aliphatic imine (C=N–C) groups is 1. The zero-order valence-corrected chi connectivity index (χ0v) is 17.8. The molecule has 156 valence electrons. The molecule has 0 aliphatic carbocycles. The van der Waals surface area contributed by atoms with E-state index in [9.17, 15) is 0 Å². The van der Waals surface area contributed by atoms with Gasteiger partial charge in [0, 0.05) is 51.5 Å². The number of guanidine groups is 1. The normalized spacial score (nSPS) is 23.1. The topological polar surface area (TPSA) is 52.1 Å². The van der Waals surface area contributed by atoms with Crippen LogP contribution in [0.5, 0.6) is 0 Å². The van der Waals surface area contributed by atoms with Crippen molar-refractivity contribution in [1.82, 2.24) is 20.4 Å². The van der Waals surface area contributed by atoms with Crippen LogP contribution in [0.25, 0.3) is 0 Å². The molecular formula is C22H37N5O. The third kappa shape index (κ3) is 5.46. The first-order valence-corrected chi connectivity index (χ1v) is 10.6. The molecule has 0 spiro atoms. The van der Waals surface area contributed by atoms with Gasteiger partial charge in [0.15, 0.2) is 5.96 Å². The predicted octanol–water partition coefficient (Wildman–Crippen LogP) is 1.93. The fraction of sp³-hybridized carbons (Fsp3) is 0.682. The number of nitrogens with one attached hydrogen (secondary N) is 2. The first-order valence-electron chi connectivity index (χ1n) is 10.6. The van der Waals surface area contributed by atoms with Crippen molar-refractivity contribution in [2.24, 2.45) is 4.99 Å². The second-order valence-electron chi connectivity index (χ2n) is 8.29. The zero-order valence-electron chi connectivity index (χ0n) is 17.8. The SMILES string of the molecule is CN=C(NCC1CCCN1Cc1ccccc1)NCC1(N(C)C)CCOCC1. The van der Waals surface area contributed by atoms with Crippen LogP contribution in [0.2, 0.25) is 0 Å². The Morgan fingerprint density at radius 3 is 2.64 bits per heavy atom. The Morgan fingerprint density at radius 2 is 1.96 bits per heavy atom. The van der Waals surface area contributed by atoms with Crippen molar-refractivity contribution in [3.8, 4) is 0 Å². The molecule has 2 aliphatic rings. The molecule has 1 atom stereocenters. The van der Waals surface area contributed by atoms with Gasteiger partial charge in [-0.3, -0.25) is 9.89 Å². The van der Waals surface area contributed by atoms with Crippen LogP contribution in [0.4, 0.5) is 0 Å². The molecule has 28 heavy (non-hydrogen) atoms. The maximum atomic E-state index is 5.58. The van der Waals surface area contributed by atoms with Crippen molar-refractivity contribution in [3.63, 3.8) is 0 Å². The summed E-state index contributed by atoms with van der Waals surface area (Å²) in [6.45, 7) is 5.71. The van der Waals surface area contributed by atoms with Crippen LogP contribution in [0.3, 0.4) is 0 Å². The van der Waals surface area contributed by atoms with E-state index in [-0.39, 0.29) is 5.54 Å². The van der Waals surface area contributed by atoms with Crippen LogP contribution in [0.15, 0.2) is 35.3 Å². The molecule has 6 nitrogen and oxygen atoms in total. The van der Waals surface area contributed by atoms with E-state index in [0.717, 1.165) is 51.6 Å². The molecule has 1 unspecified atom stereocenters. The van der Waals surface area contributed by atoms with Crippen LogP contribution >= 0.6 is 0 Å². The summed E-state index contributed by atoms with van der Waals surface area (Å²) in [5, 5.41) is 7.14. The highest BCUT2D eigenvalue weighted by Gasteiger charge is 2.35. The van der Waals surface area contributed by atoms with Crippen molar-refractivity contribution in [3.05, 3.63) is 35.9 Å². The summed E-state index contributed by atoms with van der Waals surface area (Å²) in [4.78, 5) is 9.39. The number of nitrogens with zero attached hydrogens (tertiary/aromatic N) is 3. The Kier molecular flexibility index (Phi) is 7.71. The molecule has 2 saturated heterocycles. The minimum absolute atomic E-state index is 0.141. The number of hydrogen-bond acceptors (Lipinski definition) is 4. The molecular weight excluding hydrogens is 350 g/mol. The number of ether oxygens (including phenoxy) is 1. The van der Waals surface area contributed by atoms with E-state index in [1.807, 2.05) is 7.05 Å². The molecule has 6 heteroatoms. The van der Waals surface area contributed by atoms with Gasteiger partial charge >= 0.3 is 0 Å². The highest BCUT2D eigenvalue weighted by molar-refractivity contribution is 5.79. The Labute approximate surface area is 170 Å². The second-order valence-corrected chi connectivity index (χ2v) is 8.29. The molecule has 0 saturated carbocycles. The van der Waals surface area contributed by atoms with Gasteiger partial charge in [0.25, 0.3) is 0 Å². The third-order valence-electron chi connectivity index (χ3n) is 6.41. The number of benzene rings is 1. The predicted molar refractivity (Wildman–Crippen MR) is 116 cm³/mol. The zero-order chi connectivity index (χ0) is 19.8. The number of hydrogen-bond donors (Lipinski definition) is 2. The third-order valence-corrected chi connectivity index (χ3v) is 6.41. The minimum atomic E-state index is 0.141. The van der Waals surface area contributed by atoms with Crippen molar-refractivity contribution in [1.29, 1.82) is 0 Å². The molecule has 1 aromatic carbocycles. The Balaban J connectivity index is 1.49. The molecule has 2 aliphatic heterocycles. The highest BCUT2D eigenvalue weighted by atomic mass is 16.5. The lowest BCUT2D eigenvalue weighted by Crippen LogP contribution is -2.57. The largest absolute Gasteiger partial charge is 0.381 e. The quantitative estimate of drug-likeness (QED) is 0.553. The van der Waals surface area contributed by atoms with Gasteiger partial charge in [-0.05, 0) is 51.9 Å². The van der Waals surface area contributed by atoms with Gasteiger partial charge < -0.3 is 20.3 Å². The maximum absolute atomic E-state index is 5.58. The fourth-order valence-electron chi connectivity index (χ4n) is 4.37. The van der Waals surface area contributed by atoms with Crippen LogP contribution in [-0.4, -0.2) is 81.3 Å². The molecule has 3 rings (SSSR count). The number of likely N-dealkylation sites (tertiary alicyclic amines) is 1. The van der Waals surface area contributed by atoms with Gasteiger partial charge in [0.05, 0.1) is 0 Å². The summed E-state index contributed by atoms with van der Waals surface area (Å²) in [5.74, 6) is 0.902.